The van der Waals surface area contributed by atoms with Gasteiger partial charge >= 0.3 is 0 Å². The van der Waals surface area contributed by atoms with Crippen LogP contribution in [0.3, 0.4) is 0 Å². The number of fused-ring (bicyclic) bond motifs is 1. The molecule has 2 aromatic rings. The van der Waals surface area contributed by atoms with Crippen molar-refractivity contribution in [3.8, 4) is 5.75 Å². The Morgan fingerprint density at radius 2 is 2.08 bits per heavy atom. The molecule has 7 heteroatoms. The van der Waals surface area contributed by atoms with Crippen molar-refractivity contribution in [3.05, 3.63) is 41.3 Å². The maximum atomic E-state index is 14.1. The Hall–Kier alpha value is -2.41. The van der Waals surface area contributed by atoms with Gasteiger partial charge in [-0.05, 0) is 30.0 Å². The molecule has 1 fully saturated rings. The molecular weight excluding hydrogens is 323 g/mol. The Labute approximate surface area is 146 Å². The summed E-state index contributed by atoms with van der Waals surface area (Å²) in [6.07, 6.45) is 3.31. The standard InChI is InChI=1S/C18H21FN4O2/c19-15-12-21-18(22-17(15)23-5-8-24-9-6-23)20-11-13-3-4-16-14(10-13)2-1-7-25-16/h3-4,10,12H,1-2,5-9,11H2,(H,20,21,22). The molecule has 4 rings (SSSR count). The summed E-state index contributed by atoms with van der Waals surface area (Å²) in [6, 6.07) is 6.19. The Balaban J connectivity index is 1.45. The highest BCUT2D eigenvalue weighted by Gasteiger charge is 2.18. The van der Waals surface area contributed by atoms with E-state index in [1.54, 1.807) is 0 Å². The number of morpholine rings is 1. The molecule has 2 aliphatic heterocycles. The van der Waals surface area contributed by atoms with Crippen LogP contribution in [0.5, 0.6) is 5.75 Å². The first-order valence-electron chi connectivity index (χ1n) is 8.63. The van der Waals surface area contributed by atoms with Crippen LogP contribution in [0.25, 0.3) is 0 Å². The first-order valence-corrected chi connectivity index (χ1v) is 8.63. The molecule has 1 saturated heterocycles. The SMILES string of the molecule is Fc1cnc(NCc2ccc3c(c2)CCCO3)nc1N1CCOCC1. The van der Waals surface area contributed by atoms with Crippen molar-refractivity contribution in [3.63, 3.8) is 0 Å². The third-order valence-electron chi connectivity index (χ3n) is 4.46. The monoisotopic (exact) mass is 344 g/mol. The van der Waals surface area contributed by atoms with Crippen LogP contribution in [0, 0.1) is 5.82 Å². The maximum Gasteiger partial charge on any atom is 0.225 e. The fraction of sp³-hybridized carbons (Fsp3) is 0.444. The quantitative estimate of drug-likeness (QED) is 0.919. The number of rotatable bonds is 4. The van der Waals surface area contributed by atoms with E-state index in [9.17, 15) is 4.39 Å². The number of halogens is 1. The van der Waals surface area contributed by atoms with Gasteiger partial charge in [-0.2, -0.15) is 4.98 Å². The summed E-state index contributed by atoms with van der Waals surface area (Å²) in [6.45, 7) is 3.82. The summed E-state index contributed by atoms with van der Waals surface area (Å²) in [4.78, 5) is 10.3. The molecule has 0 unspecified atom stereocenters. The molecule has 2 aliphatic rings. The molecule has 0 spiro atoms. The molecule has 3 heterocycles. The Kier molecular flexibility index (Phi) is 4.65. The van der Waals surface area contributed by atoms with Crippen molar-refractivity contribution in [2.45, 2.75) is 19.4 Å². The third kappa shape index (κ3) is 3.66. The second-order valence-electron chi connectivity index (χ2n) is 6.21. The minimum absolute atomic E-state index is 0.333. The van der Waals surface area contributed by atoms with Gasteiger partial charge in [0, 0.05) is 19.6 Å². The number of nitrogens with zero attached hydrogens (tertiary/aromatic N) is 3. The number of ether oxygens (including phenoxy) is 2. The zero-order valence-corrected chi connectivity index (χ0v) is 14.0. The van der Waals surface area contributed by atoms with E-state index in [1.165, 1.54) is 11.8 Å². The maximum absolute atomic E-state index is 14.1. The van der Waals surface area contributed by atoms with Crippen LogP contribution >= 0.6 is 0 Å². The van der Waals surface area contributed by atoms with E-state index in [4.69, 9.17) is 9.47 Å². The lowest BCUT2D eigenvalue weighted by molar-refractivity contribution is 0.122. The van der Waals surface area contributed by atoms with Crippen LogP contribution in [0.4, 0.5) is 16.2 Å². The van der Waals surface area contributed by atoms with E-state index in [2.05, 4.69) is 21.4 Å². The molecule has 132 valence electrons. The lowest BCUT2D eigenvalue weighted by atomic mass is 10.0. The Bertz CT molecular complexity index is 750. The number of nitrogens with one attached hydrogen (secondary N) is 1. The van der Waals surface area contributed by atoms with Crippen molar-refractivity contribution < 1.29 is 13.9 Å². The number of aromatic nitrogens is 2. The fourth-order valence-electron chi connectivity index (χ4n) is 3.15. The van der Waals surface area contributed by atoms with Crippen molar-refractivity contribution >= 4 is 11.8 Å². The molecule has 1 aromatic heterocycles. The van der Waals surface area contributed by atoms with E-state index in [0.717, 1.165) is 30.8 Å². The van der Waals surface area contributed by atoms with Gasteiger partial charge in [-0.15, -0.1) is 0 Å². The highest BCUT2D eigenvalue weighted by Crippen LogP contribution is 2.26. The first kappa shape index (κ1) is 16.1. The van der Waals surface area contributed by atoms with E-state index in [1.807, 2.05) is 17.0 Å². The lowest BCUT2D eigenvalue weighted by Gasteiger charge is -2.28. The summed E-state index contributed by atoms with van der Waals surface area (Å²) in [5.41, 5.74) is 2.37. The molecule has 0 bridgehead atoms. The van der Waals surface area contributed by atoms with Crippen molar-refractivity contribution in [2.75, 3.05) is 43.1 Å². The van der Waals surface area contributed by atoms with Gasteiger partial charge in [0.05, 0.1) is 26.0 Å². The zero-order valence-electron chi connectivity index (χ0n) is 14.0. The molecule has 0 atom stereocenters. The van der Waals surface area contributed by atoms with E-state index < -0.39 is 5.82 Å². The van der Waals surface area contributed by atoms with Gasteiger partial charge in [0.2, 0.25) is 5.95 Å². The molecular formula is C18H21FN4O2. The number of aryl methyl sites for hydroxylation is 1. The van der Waals surface area contributed by atoms with Crippen LogP contribution < -0.4 is 15.0 Å². The second kappa shape index (κ2) is 7.23. The minimum Gasteiger partial charge on any atom is -0.493 e. The second-order valence-corrected chi connectivity index (χ2v) is 6.21. The van der Waals surface area contributed by atoms with E-state index in [-0.39, 0.29) is 0 Å². The van der Waals surface area contributed by atoms with Crippen LogP contribution in [0.2, 0.25) is 0 Å². The van der Waals surface area contributed by atoms with Crippen molar-refractivity contribution in [2.24, 2.45) is 0 Å². The van der Waals surface area contributed by atoms with Gasteiger partial charge in [-0.1, -0.05) is 12.1 Å². The molecule has 0 aliphatic carbocycles. The van der Waals surface area contributed by atoms with Crippen LogP contribution in [0.1, 0.15) is 17.5 Å². The first-order chi connectivity index (χ1) is 12.3. The Morgan fingerprint density at radius 3 is 2.96 bits per heavy atom. The van der Waals surface area contributed by atoms with Gasteiger partial charge in [0.15, 0.2) is 11.6 Å². The predicted octanol–water partition coefficient (Wildman–Crippen LogP) is 2.39. The molecule has 25 heavy (non-hydrogen) atoms. The zero-order chi connectivity index (χ0) is 17.1. The van der Waals surface area contributed by atoms with E-state index >= 15 is 0 Å². The molecule has 1 N–H and O–H groups in total. The fourth-order valence-corrected chi connectivity index (χ4v) is 3.15. The number of anilines is 2. The van der Waals surface area contributed by atoms with Gasteiger partial charge in [0.25, 0.3) is 0 Å². The summed E-state index contributed by atoms with van der Waals surface area (Å²) in [7, 11) is 0. The van der Waals surface area contributed by atoms with Gasteiger partial charge in [-0.3, -0.25) is 0 Å². The molecule has 0 amide bonds. The molecule has 0 radical (unpaired) electrons. The van der Waals surface area contributed by atoms with Gasteiger partial charge < -0.3 is 19.7 Å². The van der Waals surface area contributed by atoms with Crippen molar-refractivity contribution in [1.29, 1.82) is 0 Å². The van der Waals surface area contributed by atoms with Crippen molar-refractivity contribution in [1.82, 2.24) is 9.97 Å². The van der Waals surface area contributed by atoms with Gasteiger partial charge in [-0.25, -0.2) is 9.37 Å². The summed E-state index contributed by atoms with van der Waals surface area (Å²) in [5, 5.41) is 3.19. The third-order valence-corrected chi connectivity index (χ3v) is 4.46. The van der Waals surface area contributed by atoms with Crippen LogP contribution in [-0.2, 0) is 17.7 Å². The topological polar surface area (TPSA) is 59.5 Å². The highest BCUT2D eigenvalue weighted by atomic mass is 19.1. The normalized spacial score (nSPS) is 16.9. The summed E-state index contributed by atoms with van der Waals surface area (Å²) >= 11 is 0. The average molecular weight is 344 g/mol. The summed E-state index contributed by atoms with van der Waals surface area (Å²) < 4.78 is 25.0. The predicted molar refractivity (Wildman–Crippen MR) is 92.6 cm³/mol. The number of benzene rings is 1. The molecule has 0 saturated carbocycles. The lowest BCUT2D eigenvalue weighted by Crippen LogP contribution is -2.37. The summed E-state index contributed by atoms with van der Waals surface area (Å²) in [5.74, 6) is 1.33. The number of hydrogen-bond acceptors (Lipinski definition) is 6. The highest BCUT2D eigenvalue weighted by molar-refractivity contribution is 5.45. The van der Waals surface area contributed by atoms with Crippen LogP contribution in [-0.4, -0.2) is 42.9 Å². The van der Waals surface area contributed by atoms with Gasteiger partial charge in [0.1, 0.15) is 5.75 Å². The Morgan fingerprint density at radius 1 is 1.20 bits per heavy atom. The minimum atomic E-state index is -0.404. The number of hydrogen-bond donors (Lipinski definition) is 1. The smallest absolute Gasteiger partial charge is 0.225 e. The van der Waals surface area contributed by atoms with E-state index in [0.29, 0.717) is 44.6 Å². The molecule has 6 nitrogen and oxygen atoms in total. The average Bonchev–Trinajstić information content (AvgIpc) is 2.68. The van der Waals surface area contributed by atoms with Crippen LogP contribution in [0.15, 0.2) is 24.4 Å². The largest absolute Gasteiger partial charge is 0.493 e. The molecule has 1 aromatic carbocycles.